The molecule has 13 nitrogen and oxygen atoms in total. The summed E-state index contributed by atoms with van der Waals surface area (Å²) in [6.07, 6.45) is 2.13. The van der Waals surface area contributed by atoms with E-state index in [9.17, 15) is 29.1 Å². The number of aromatic nitrogens is 2. The Hall–Kier alpha value is -3.48. The first-order valence-electron chi connectivity index (χ1n) is 10.9. The van der Waals surface area contributed by atoms with Crippen molar-refractivity contribution in [1.29, 1.82) is 0 Å². The summed E-state index contributed by atoms with van der Waals surface area (Å²) < 4.78 is 0. The standard InChI is InChI=1S/C21H34N6O7/c1-10(2)5-13(26-20(32)17(22)11(3)4)18(30)25-14(6-12-8-23-9-24-12)19(31)27-15(21(33)34)7-16(28)29/h8-11,13-15,17H,5-7,22H2,1-4H3,(H,23,24)(H,25,30)(H,26,32)(H,27,31)(H,28,29)(H,33,34). The third kappa shape index (κ3) is 9.57. The number of nitrogens with zero attached hydrogens (tertiary/aromatic N) is 1. The number of carbonyl (C=O) groups excluding carboxylic acids is 3. The Balaban J connectivity index is 3.08. The van der Waals surface area contributed by atoms with E-state index in [4.69, 9.17) is 10.8 Å². The zero-order valence-electron chi connectivity index (χ0n) is 19.7. The number of nitrogens with two attached hydrogens (primary N) is 1. The average molecular weight is 483 g/mol. The molecule has 0 fully saturated rings. The molecule has 1 heterocycles. The van der Waals surface area contributed by atoms with E-state index in [0.29, 0.717) is 5.69 Å². The number of carboxylic acid groups (broad SMARTS) is 2. The fraction of sp³-hybridized carbons (Fsp3) is 0.619. The fourth-order valence-electron chi connectivity index (χ4n) is 3.02. The summed E-state index contributed by atoms with van der Waals surface area (Å²) in [6.45, 7) is 7.24. The van der Waals surface area contributed by atoms with Crippen molar-refractivity contribution in [2.75, 3.05) is 0 Å². The number of rotatable bonds is 14. The van der Waals surface area contributed by atoms with Gasteiger partial charge >= 0.3 is 11.9 Å². The van der Waals surface area contributed by atoms with Crippen LogP contribution in [-0.2, 0) is 30.4 Å². The Morgan fingerprint density at radius 3 is 1.97 bits per heavy atom. The van der Waals surface area contributed by atoms with Crippen molar-refractivity contribution in [3.63, 3.8) is 0 Å². The number of hydrogen-bond acceptors (Lipinski definition) is 7. The highest BCUT2D eigenvalue weighted by Gasteiger charge is 2.32. The molecule has 0 saturated carbocycles. The van der Waals surface area contributed by atoms with Crippen LogP contribution >= 0.6 is 0 Å². The number of H-pyrrole nitrogens is 1. The van der Waals surface area contributed by atoms with Crippen LogP contribution in [0.15, 0.2) is 12.5 Å². The molecule has 1 rings (SSSR count). The zero-order valence-corrected chi connectivity index (χ0v) is 19.7. The lowest BCUT2D eigenvalue weighted by Gasteiger charge is -2.26. The maximum absolute atomic E-state index is 13.1. The van der Waals surface area contributed by atoms with Gasteiger partial charge in [-0.15, -0.1) is 0 Å². The van der Waals surface area contributed by atoms with Crippen LogP contribution in [-0.4, -0.2) is 74.0 Å². The molecule has 0 spiro atoms. The molecule has 34 heavy (non-hydrogen) atoms. The topological polar surface area (TPSA) is 217 Å². The van der Waals surface area contributed by atoms with Crippen molar-refractivity contribution < 1.29 is 34.2 Å². The van der Waals surface area contributed by atoms with Gasteiger partial charge in [0.2, 0.25) is 17.7 Å². The van der Waals surface area contributed by atoms with Crippen LogP contribution in [0.25, 0.3) is 0 Å². The molecular weight excluding hydrogens is 448 g/mol. The maximum atomic E-state index is 13.1. The number of hydrogen-bond donors (Lipinski definition) is 7. The van der Waals surface area contributed by atoms with Crippen molar-refractivity contribution in [3.8, 4) is 0 Å². The number of carbonyl (C=O) groups is 5. The first-order chi connectivity index (χ1) is 15.8. The smallest absolute Gasteiger partial charge is 0.326 e. The number of nitrogens with one attached hydrogen (secondary N) is 4. The number of carboxylic acids is 2. The Bertz CT molecular complexity index is 856. The van der Waals surface area contributed by atoms with Crippen LogP contribution in [0.2, 0.25) is 0 Å². The SMILES string of the molecule is CC(C)CC(NC(=O)C(N)C(C)C)C(=O)NC(Cc1cnc[nH]1)C(=O)NC(CC(=O)O)C(=O)O. The van der Waals surface area contributed by atoms with Gasteiger partial charge in [-0.3, -0.25) is 19.2 Å². The number of aliphatic carboxylic acids is 2. The molecule has 0 radical (unpaired) electrons. The van der Waals surface area contributed by atoms with Crippen LogP contribution in [0, 0.1) is 11.8 Å². The van der Waals surface area contributed by atoms with E-state index in [1.807, 2.05) is 13.8 Å². The minimum Gasteiger partial charge on any atom is -0.481 e. The Kier molecular flexibility index (Phi) is 11.2. The molecule has 1 aromatic heterocycles. The number of aromatic amines is 1. The predicted octanol–water partition coefficient (Wildman–Crippen LogP) is -1.00. The molecule has 0 aliphatic rings. The molecule has 3 amide bonds. The van der Waals surface area contributed by atoms with E-state index in [1.165, 1.54) is 12.5 Å². The molecule has 0 aliphatic heterocycles. The van der Waals surface area contributed by atoms with E-state index >= 15 is 0 Å². The number of amides is 3. The van der Waals surface area contributed by atoms with Crippen molar-refractivity contribution in [1.82, 2.24) is 25.9 Å². The summed E-state index contributed by atoms with van der Waals surface area (Å²) in [5.74, 6) is -5.18. The molecule has 0 aliphatic carbocycles. The highest BCUT2D eigenvalue weighted by molar-refractivity contribution is 5.94. The molecule has 13 heteroatoms. The summed E-state index contributed by atoms with van der Waals surface area (Å²) in [5, 5.41) is 25.4. The van der Waals surface area contributed by atoms with E-state index < -0.39 is 60.2 Å². The van der Waals surface area contributed by atoms with E-state index in [1.54, 1.807) is 13.8 Å². The lowest BCUT2D eigenvalue weighted by atomic mass is 10.00. The molecule has 4 unspecified atom stereocenters. The highest BCUT2D eigenvalue weighted by atomic mass is 16.4. The van der Waals surface area contributed by atoms with Gasteiger partial charge in [0.05, 0.1) is 18.8 Å². The van der Waals surface area contributed by atoms with Crippen LogP contribution in [0.4, 0.5) is 0 Å². The lowest BCUT2D eigenvalue weighted by Crippen LogP contribution is -2.58. The summed E-state index contributed by atoms with van der Waals surface area (Å²) in [6, 6.07) is -4.79. The highest BCUT2D eigenvalue weighted by Crippen LogP contribution is 2.09. The largest absolute Gasteiger partial charge is 0.481 e. The molecule has 0 aromatic carbocycles. The lowest BCUT2D eigenvalue weighted by molar-refractivity contribution is -0.147. The van der Waals surface area contributed by atoms with Gasteiger partial charge in [-0.25, -0.2) is 9.78 Å². The molecule has 0 bridgehead atoms. The van der Waals surface area contributed by atoms with Crippen LogP contribution < -0.4 is 21.7 Å². The monoisotopic (exact) mass is 482 g/mol. The zero-order chi connectivity index (χ0) is 26.0. The van der Waals surface area contributed by atoms with Gasteiger partial charge < -0.3 is 36.9 Å². The van der Waals surface area contributed by atoms with Gasteiger partial charge in [-0.2, -0.15) is 0 Å². The van der Waals surface area contributed by atoms with Gasteiger partial charge in [-0.1, -0.05) is 27.7 Å². The molecule has 4 atom stereocenters. The van der Waals surface area contributed by atoms with Crippen molar-refractivity contribution in [2.24, 2.45) is 17.6 Å². The summed E-state index contributed by atoms with van der Waals surface area (Å²) in [4.78, 5) is 67.3. The Morgan fingerprint density at radius 1 is 0.941 bits per heavy atom. The van der Waals surface area contributed by atoms with Crippen molar-refractivity contribution >= 4 is 29.7 Å². The Labute approximate surface area is 197 Å². The summed E-state index contributed by atoms with van der Waals surface area (Å²) >= 11 is 0. The average Bonchev–Trinajstić information content (AvgIpc) is 3.23. The number of imidazole rings is 1. The second kappa shape index (κ2) is 13.3. The third-order valence-electron chi connectivity index (χ3n) is 4.97. The van der Waals surface area contributed by atoms with Gasteiger partial charge in [0.15, 0.2) is 0 Å². The van der Waals surface area contributed by atoms with E-state index in [0.717, 1.165) is 0 Å². The van der Waals surface area contributed by atoms with Gasteiger partial charge in [0.25, 0.3) is 0 Å². The molecule has 190 valence electrons. The van der Waals surface area contributed by atoms with Crippen molar-refractivity contribution in [2.45, 2.75) is 71.1 Å². The van der Waals surface area contributed by atoms with Crippen LogP contribution in [0.3, 0.4) is 0 Å². The molecular formula is C21H34N6O7. The van der Waals surface area contributed by atoms with E-state index in [-0.39, 0.29) is 24.7 Å². The van der Waals surface area contributed by atoms with Gasteiger partial charge in [0, 0.05) is 18.3 Å². The van der Waals surface area contributed by atoms with Crippen LogP contribution in [0.1, 0.15) is 46.2 Å². The normalized spacial score (nSPS) is 14.7. The van der Waals surface area contributed by atoms with E-state index in [2.05, 4.69) is 25.9 Å². The second-order valence-electron chi connectivity index (χ2n) is 8.80. The quantitative estimate of drug-likeness (QED) is 0.173. The predicted molar refractivity (Wildman–Crippen MR) is 120 cm³/mol. The third-order valence-corrected chi connectivity index (χ3v) is 4.97. The second-order valence-corrected chi connectivity index (χ2v) is 8.80. The fourth-order valence-corrected chi connectivity index (χ4v) is 3.02. The van der Waals surface area contributed by atoms with Crippen LogP contribution in [0.5, 0.6) is 0 Å². The summed E-state index contributed by atoms with van der Waals surface area (Å²) in [5.41, 5.74) is 6.35. The van der Waals surface area contributed by atoms with Crippen molar-refractivity contribution in [3.05, 3.63) is 18.2 Å². The minimum absolute atomic E-state index is 0.0122. The molecule has 0 saturated heterocycles. The maximum Gasteiger partial charge on any atom is 0.326 e. The van der Waals surface area contributed by atoms with Gasteiger partial charge in [0.1, 0.15) is 18.1 Å². The first kappa shape index (κ1) is 28.6. The van der Waals surface area contributed by atoms with Gasteiger partial charge in [-0.05, 0) is 18.3 Å². The molecule has 8 N–H and O–H groups in total. The first-order valence-corrected chi connectivity index (χ1v) is 10.9. The molecule has 1 aromatic rings. The minimum atomic E-state index is -1.69. The summed E-state index contributed by atoms with van der Waals surface area (Å²) in [7, 11) is 0. The Morgan fingerprint density at radius 2 is 1.50 bits per heavy atom.